The van der Waals surface area contributed by atoms with Gasteiger partial charge in [0.1, 0.15) is 5.54 Å². The maximum absolute atomic E-state index is 11.6. The van der Waals surface area contributed by atoms with Crippen LogP contribution in [-0.4, -0.2) is 29.8 Å². The molecule has 1 aliphatic carbocycles. The van der Waals surface area contributed by atoms with Crippen molar-refractivity contribution in [3.05, 3.63) is 28.7 Å². The summed E-state index contributed by atoms with van der Waals surface area (Å²) in [5.74, 6) is -0.790. The van der Waals surface area contributed by atoms with E-state index in [0.29, 0.717) is 12.8 Å². The summed E-state index contributed by atoms with van der Waals surface area (Å²) < 4.78 is 6.24. The van der Waals surface area contributed by atoms with Crippen molar-refractivity contribution >= 4 is 27.6 Å². The molecule has 1 saturated carbocycles. The molecule has 104 valence electrons. The molecule has 1 aromatic carbocycles. The number of rotatable bonds is 4. The zero-order valence-corrected chi connectivity index (χ0v) is 12.4. The number of anilines is 1. The van der Waals surface area contributed by atoms with Gasteiger partial charge in [-0.15, -0.1) is 0 Å². The van der Waals surface area contributed by atoms with E-state index in [1.165, 1.54) is 0 Å². The molecule has 19 heavy (non-hydrogen) atoms. The highest BCUT2D eigenvalue weighted by Crippen LogP contribution is 2.33. The topological polar surface area (TPSA) is 58.6 Å². The van der Waals surface area contributed by atoms with E-state index in [-0.39, 0.29) is 6.10 Å². The first kappa shape index (κ1) is 14.3. The lowest BCUT2D eigenvalue weighted by Gasteiger charge is -2.37. The van der Waals surface area contributed by atoms with Crippen molar-refractivity contribution < 1.29 is 14.6 Å². The van der Waals surface area contributed by atoms with Gasteiger partial charge < -0.3 is 15.2 Å². The monoisotopic (exact) mass is 327 g/mol. The highest BCUT2D eigenvalue weighted by molar-refractivity contribution is 9.10. The number of hydrogen-bond donors (Lipinski definition) is 2. The summed E-state index contributed by atoms with van der Waals surface area (Å²) in [7, 11) is 1.68. The third kappa shape index (κ3) is 3.28. The van der Waals surface area contributed by atoms with E-state index >= 15 is 0 Å². The molecule has 4 nitrogen and oxygen atoms in total. The SMILES string of the molecule is COC1CCC(Nc2cccc(Br)c2)(C(=O)O)CC1. The minimum atomic E-state index is -0.879. The molecule has 0 spiro atoms. The molecule has 0 radical (unpaired) electrons. The van der Waals surface area contributed by atoms with E-state index in [2.05, 4.69) is 21.2 Å². The van der Waals surface area contributed by atoms with E-state index in [4.69, 9.17) is 4.74 Å². The Labute approximate surface area is 121 Å². The maximum atomic E-state index is 11.6. The average molecular weight is 328 g/mol. The first-order valence-electron chi connectivity index (χ1n) is 6.36. The van der Waals surface area contributed by atoms with Gasteiger partial charge in [-0.3, -0.25) is 0 Å². The summed E-state index contributed by atoms with van der Waals surface area (Å²) in [6.07, 6.45) is 2.87. The number of benzene rings is 1. The Morgan fingerprint density at radius 3 is 2.68 bits per heavy atom. The molecule has 5 heteroatoms. The molecular formula is C14H18BrNO3. The van der Waals surface area contributed by atoms with Crippen LogP contribution in [0.25, 0.3) is 0 Å². The predicted molar refractivity (Wildman–Crippen MR) is 77.4 cm³/mol. The summed E-state index contributed by atoms with van der Waals surface area (Å²) in [6, 6.07) is 7.59. The Kier molecular flexibility index (Phi) is 4.47. The number of carbonyl (C=O) groups is 1. The molecule has 0 bridgehead atoms. The van der Waals surface area contributed by atoms with E-state index in [1.807, 2.05) is 24.3 Å². The Morgan fingerprint density at radius 2 is 2.16 bits per heavy atom. The van der Waals surface area contributed by atoms with Crippen LogP contribution in [0.15, 0.2) is 28.7 Å². The summed E-state index contributed by atoms with van der Waals surface area (Å²) in [5.41, 5.74) is -0.0526. The fraction of sp³-hybridized carbons (Fsp3) is 0.500. The number of aliphatic carboxylic acids is 1. The van der Waals surface area contributed by atoms with Gasteiger partial charge in [0, 0.05) is 17.3 Å². The molecule has 1 aliphatic rings. The van der Waals surface area contributed by atoms with Crippen molar-refractivity contribution in [2.24, 2.45) is 0 Å². The first-order chi connectivity index (χ1) is 9.05. The minimum absolute atomic E-state index is 0.178. The van der Waals surface area contributed by atoms with Gasteiger partial charge in [0.25, 0.3) is 0 Å². The fourth-order valence-electron chi connectivity index (χ4n) is 2.55. The molecule has 1 fully saturated rings. The molecule has 0 aromatic heterocycles. The molecule has 2 N–H and O–H groups in total. The van der Waals surface area contributed by atoms with Gasteiger partial charge in [-0.05, 0) is 43.9 Å². The van der Waals surface area contributed by atoms with Gasteiger partial charge in [-0.25, -0.2) is 4.79 Å². The lowest BCUT2D eigenvalue weighted by atomic mass is 9.80. The van der Waals surface area contributed by atoms with Crippen molar-refractivity contribution in [3.63, 3.8) is 0 Å². The third-order valence-corrected chi connectivity index (χ3v) is 4.23. The maximum Gasteiger partial charge on any atom is 0.329 e. The van der Waals surface area contributed by atoms with Gasteiger partial charge in [-0.1, -0.05) is 22.0 Å². The summed E-state index contributed by atoms with van der Waals surface area (Å²) >= 11 is 3.39. The smallest absolute Gasteiger partial charge is 0.329 e. The van der Waals surface area contributed by atoms with E-state index < -0.39 is 11.5 Å². The van der Waals surface area contributed by atoms with Crippen LogP contribution in [0.4, 0.5) is 5.69 Å². The number of methoxy groups -OCH3 is 1. The van der Waals surface area contributed by atoms with Gasteiger partial charge in [0.15, 0.2) is 0 Å². The lowest BCUT2D eigenvalue weighted by Crippen LogP contribution is -2.50. The van der Waals surface area contributed by atoms with Crippen LogP contribution in [0.2, 0.25) is 0 Å². The van der Waals surface area contributed by atoms with Crippen molar-refractivity contribution in [3.8, 4) is 0 Å². The Bertz CT molecular complexity index is 456. The molecule has 0 atom stereocenters. The summed E-state index contributed by atoms with van der Waals surface area (Å²) in [5, 5.41) is 12.8. The molecule has 2 rings (SSSR count). The molecule has 1 aromatic rings. The van der Waals surface area contributed by atoms with E-state index in [1.54, 1.807) is 7.11 Å². The number of carboxylic acids is 1. The quantitative estimate of drug-likeness (QED) is 0.891. The zero-order chi connectivity index (χ0) is 13.9. The van der Waals surface area contributed by atoms with Crippen LogP contribution in [0.5, 0.6) is 0 Å². The second-order valence-corrected chi connectivity index (χ2v) is 5.87. The first-order valence-corrected chi connectivity index (χ1v) is 7.15. The lowest BCUT2D eigenvalue weighted by molar-refractivity contribution is -0.144. The molecule has 0 unspecified atom stereocenters. The van der Waals surface area contributed by atoms with Crippen molar-refractivity contribution in [1.29, 1.82) is 0 Å². The number of ether oxygens (including phenoxy) is 1. The van der Waals surface area contributed by atoms with Crippen LogP contribution in [0, 0.1) is 0 Å². The second kappa shape index (κ2) is 5.92. The largest absolute Gasteiger partial charge is 0.480 e. The van der Waals surface area contributed by atoms with Crippen LogP contribution in [-0.2, 0) is 9.53 Å². The van der Waals surface area contributed by atoms with Crippen molar-refractivity contribution in [2.75, 3.05) is 12.4 Å². The summed E-state index contributed by atoms with van der Waals surface area (Å²) in [6.45, 7) is 0. The van der Waals surface area contributed by atoms with Crippen molar-refractivity contribution in [2.45, 2.75) is 37.3 Å². The third-order valence-electron chi connectivity index (χ3n) is 3.74. The van der Waals surface area contributed by atoms with E-state index in [0.717, 1.165) is 23.0 Å². The normalized spacial score (nSPS) is 26.9. The zero-order valence-electron chi connectivity index (χ0n) is 10.9. The molecular weight excluding hydrogens is 310 g/mol. The van der Waals surface area contributed by atoms with Crippen molar-refractivity contribution in [1.82, 2.24) is 0 Å². The van der Waals surface area contributed by atoms with E-state index in [9.17, 15) is 9.90 Å². The molecule has 0 amide bonds. The number of halogens is 1. The standard InChI is InChI=1S/C14H18BrNO3/c1-19-12-5-7-14(8-6-12,13(17)18)16-11-4-2-3-10(15)9-11/h2-4,9,12,16H,5-8H2,1H3,(H,17,18). The number of hydrogen-bond acceptors (Lipinski definition) is 3. The van der Waals surface area contributed by atoms with Crippen LogP contribution >= 0.6 is 15.9 Å². The Balaban J connectivity index is 2.15. The molecule has 0 aliphatic heterocycles. The number of nitrogens with one attached hydrogen (secondary N) is 1. The Morgan fingerprint density at radius 1 is 1.47 bits per heavy atom. The van der Waals surface area contributed by atoms with Crippen LogP contribution < -0.4 is 5.32 Å². The van der Waals surface area contributed by atoms with Gasteiger partial charge in [0.2, 0.25) is 0 Å². The average Bonchev–Trinajstić information content (AvgIpc) is 2.39. The predicted octanol–water partition coefficient (Wildman–Crippen LogP) is 3.27. The van der Waals surface area contributed by atoms with Gasteiger partial charge >= 0.3 is 5.97 Å². The fourth-order valence-corrected chi connectivity index (χ4v) is 2.95. The second-order valence-electron chi connectivity index (χ2n) is 4.96. The van der Waals surface area contributed by atoms with Gasteiger partial charge in [0.05, 0.1) is 6.10 Å². The van der Waals surface area contributed by atoms with Crippen LogP contribution in [0.1, 0.15) is 25.7 Å². The highest BCUT2D eigenvalue weighted by Gasteiger charge is 2.42. The number of carboxylic acid groups (broad SMARTS) is 1. The highest BCUT2D eigenvalue weighted by atomic mass is 79.9. The van der Waals surface area contributed by atoms with Gasteiger partial charge in [-0.2, -0.15) is 0 Å². The summed E-state index contributed by atoms with van der Waals surface area (Å²) in [4.78, 5) is 11.6. The van der Waals surface area contributed by atoms with Crippen LogP contribution in [0.3, 0.4) is 0 Å². The minimum Gasteiger partial charge on any atom is -0.480 e. The Hall–Kier alpha value is -1.07. The molecule has 0 saturated heterocycles. The molecule has 0 heterocycles.